The van der Waals surface area contributed by atoms with Gasteiger partial charge in [0.1, 0.15) is 10.1 Å². The minimum atomic E-state index is 0.0387. The molecule has 0 aliphatic carbocycles. The molecule has 0 amide bonds. The van der Waals surface area contributed by atoms with Crippen LogP contribution in [0.3, 0.4) is 0 Å². The second-order valence-electron chi connectivity index (χ2n) is 4.40. The molecule has 19 heavy (non-hydrogen) atoms. The number of methoxy groups -OCH3 is 1. The molecular weight excluding hydrogens is 276 g/mol. The Hall–Kier alpha value is -1.04. The molecule has 0 fully saturated rings. The Morgan fingerprint density at radius 1 is 1.47 bits per heavy atom. The summed E-state index contributed by atoms with van der Waals surface area (Å²) >= 11 is 3.41. The van der Waals surface area contributed by atoms with Crippen molar-refractivity contribution >= 4 is 23.1 Å². The van der Waals surface area contributed by atoms with Gasteiger partial charge in [0.2, 0.25) is 0 Å². The second-order valence-corrected chi connectivity index (χ2v) is 6.48. The van der Waals surface area contributed by atoms with Gasteiger partial charge in [-0.05, 0) is 31.5 Å². The molecule has 0 saturated heterocycles. The molecule has 0 radical (unpaired) electrons. The fourth-order valence-corrected chi connectivity index (χ4v) is 3.56. The van der Waals surface area contributed by atoms with E-state index in [2.05, 4.69) is 16.4 Å². The number of hydrogen-bond acceptors (Lipinski definition) is 5. The lowest BCUT2D eigenvalue weighted by atomic mass is 10.1. The number of nitrogens with two attached hydrogens (primary N) is 1. The van der Waals surface area contributed by atoms with Crippen LogP contribution in [-0.4, -0.2) is 12.1 Å². The maximum Gasteiger partial charge on any atom is 0.150 e. The number of nitrogens with zero attached hydrogens (tertiary/aromatic N) is 1. The summed E-state index contributed by atoms with van der Waals surface area (Å²) in [6, 6.07) is 6.17. The number of thioether (sulfide) groups is 1. The molecule has 0 saturated carbocycles. The molecule has 0 aliphatic heterocycles. The zero-order chi connectivity index (χ0) is 13.8. The summed E-state index contributed by atoms with van der Waals surface area (Å²) in [6.07, 6.45) is 0. The molecule has 1 aromatic carbocycles. The third kappa shape index (κ3) is 3.72. The van der Waals surface area contributed by atoms with Crippen LogP contribution in [0.2, 0.25) is 0 Å². The zero-order valence-electron chi connectivity index (χ0n) is 11.3. The maximum absolute atomic E-state index is 5.93. The Bertz CT molecular complexity index is 552. The highest BCUT2D eigenvalue weighted by molar-refractivity contribution is 8.00. The van der Waals surface area contributed by atoms with Crippen LogP contribution in [0.5, 0.6) is 5.75 Å². The Morgan fingerprint density at radius 3 is 2.84 bits per heavy atom. The smallest absolute Gasteiger partial charge is 0.150 e. The summed E-state index contributed by atoms with van der Waals surface area (Å²) in [5, 5.41) is 2.07. The van der Waals surface area contributed by atoms with Gasteiger partial charge in [0.15, 0.2) is 0 Å². The Balaban J connectivity index is 2.15. The number of aromatic nitrogens is 1. The first kappa shape index (κ1) is 14.4. The monoisotopic (exact) mass is 294 g/mol. The lowest BCUT2D eigenvalue weighted by molar-refractivity contribution is 0.411. The highest BCUT2D eigenvalue weighted by Gasteiger charge is 2.09. The molecule has 0 bridgehead atoms. The van der Waals surface area contributed by atoms with Gasteiger partial charge in [-0.1, -0.05) is 17.8 Å². The van der Waals surface area contributed by atoms with Gasteiger partial charge in [0.25, 0.3) is 0 Å². The molecule has 1 atom stereocenters. The van der Waals surface area contributed by atoms with Gasteiger partial charge in [-0.25, -0.2) is 4.98 Å². The molecule has 3 nitrogen and oxygen atoms in total. The normalized spacial score (nSPS) is 12.4. The first-order valence-electron chi connectivity index (χ1n) is 6.07. The van der Waals surface area contributed by atoms with E-state index in [-0.39, 0.29) is 6.04 Å². The van der Waals surface area contributed by atoms with E-state index in [1.54, 1.807) is 30.2 Å². The Labute approximate surface area is 122 Å². The minimum absolute atomic E-state index is 0.0387. The van der Waals surface area contributed by atoms with Crippen molar-refractivity contribution < 1.29 is 4.74 Å². The van der Waals surface area contributed by atoms with Crippen LogP contribution in [0, 0.1) is 6.92 Å². The SMILES string of the molecule is COc1ccc(C(C)N)cc1CSc1nc(C)cs1. The van der Waals surface area contributed by atoms with E-state index >= 15 is 0 Å². The minimum Gasteiger partial charge on any atom is -0.496 e. The van der Waals surface area contributed by atoms with Crippen LogP contribution in [0.4, 0.5) is 0 Å². The molecule has 1 heterocycles. The number of hydrogen-bond donors (Lipinski definition) is 1. The molecule has 102 valence electrons. The van der Waals surface area contributed by atoms with Gasteiger partial charge in [-0.3, -0.25) is 0 Å². The van der Waals surface area contributed by atoms with E-state index in [1.807, 2.05) is 26.0 Å². The number of aryl methyl sites for hydroxylation is 1. The fourth-order valence-electron chi connectivity index (χ4n) is 1.73. The van der Waals surface area contributed by atoms with Gasteiger partial charge < -0.3 is 10.5 Å². The summed E-state index contributed by atoms with van der Waals surface area (Å²) < 4.78 is 6.49. The van der Waals surface area contributed by atoms with Crippen LogP contribution < -0.4 is 10.5 Å². The highest BCUT2D eigenvalue weighted by atomic mass is 32.2. The van der Waals surface area contributed by atoms with Crippen LogP contribution in [0.15, 0.2) is 27.9 Å². The first-order chi connectivity index (χ1) is 9.10. The van der Waals surface area contributed by atoms with Crippen LogP contribution in [0.1, 0.15) is 29.8 Å². The Kier molecular flexibility index (Phi) is 4.85. The first-order valence-corrected chi connectivity index (χ1v) is 7.94. The molecule has 5 heteroatoms. The molecule has 0 aliphatic rings. The predicted molar refractivity (Wildman–Crippen MR) is 82.0 cm³/mol. The molecule has 0 spiro atoms. The summed E-state index contributed by atoms with van der Waals surface area (Å²) in [7, 11) is 1.70. The average molecular weight is 294 g/mol. The number of ether oxygens (including phenoxy) is 1. The summed E-state index contributed by atoms with van der Waals surface area (Å²) in [4.78, 5) is 4.45. The standard InChI is InChI=1S/C14H18N2OS2/c1-9-7-18-14(16-9)19-8-12-6-11(10(2)15)4-5-13(12)17-3/h4-7,10H,8,15H2,1-3H3. The van der Waals surface area contributed by atoms with E-state index in [0.717, 1.165) is 32.7 Å². The van der Waals surface area contributed by atoms with E-state index in [9.17, 15) is 0 Å². The van der Waals surface area contributed by atoms with Crippen LogP contribution >= 0.6 is 23.1 Å². The molecule has 1 unspecified atom stereocenters. The third-order valence-corrected chi connectivity index (χ3v) is 4.97. The largest absolute Gasteiger partial charge is 0.496 e. The van der Waals surface area contributed by atoms with Crippen molar-refractivity contribution in [1.82, 2.24) is 4.98 Å². The predicted octanol–water partition coefficient (Wildman–Crippen LogP) is 3.77. The van der Waals surface area contributed by atoms with Gasteiger partial charge in [0.05, 0.1) is 7.11 Å². The number of benzene rings is 1. The Morgan fingerprint density at radius 2 is 2.26 bits per heavy atom. The topological polar surface area (TPSA) is 48.1 Å². The third-order valence-electron chi connectivity index (χ3n) is 2.78. The molecule has 1 aromatic heterocycles. The lowest BCUT2D eigenvalue weighted by Crippen LogP contribution is -2.05. The average Bonchev–Trinajstić information content (AvgIpc) is 2.81. The van der Waals surface area contributed by atoms with Crippen molar-refractivity contribution in [3.8, 4) is 5.75 Å². The lowest BCUT2D eigenvalue weighted by Gasteiger charge is -2.12. The molecule has 2 aromatic rings. The van der Waals surface area contributed by atoms with Crippen molar-refractivity contribution in [2.24, 2.45) is 5.73 Å². The van der Waals surface area contributed by atoms with Crippen molar-refractivity contribution in [3.05, 3.63) is 40.4 Å². The van der Waals surface area contributed by atoms with E-state index in [1.165, 1.54) is 0 Å². The summed E-state index contributed by atoms with van der Waals surface area (Å²) in [5.74, 6) is 1.75. The van der Waals surface area contributed by atoms with E-state index in [4.69, 9.17) is 10.5 Å². The van der Waals surface area contributed by atoms with Crippen molar-refractivity contribution in [3.63, 3.8) is 0 Å². The van der Waals surface area contributed by atoms with Gasteiger partial charge in [-0.15, -0.1) is 11.3 Å². The van der Waals surface area contributed by atoms with E-state index in [0.29, 0.717) is 0 Å². The number of rotatable bonds is 5. The number of thiazole rings is 1. The fraction of sp³-hybridized carbons (Fsp3) is 0.357. The van der Waals surface area contributed by atoms with Crippen molar-refractivity contribution in [2.75, 3.05) is 7.11 Å². The van der Waals surface area contributed by atoms with Crippen molar-refractivity contribution in [2.45, 2.75) is 30.0 Å². The van der Waals surface area contributed by atoms with Gasteiger partial charge >= 0.3 is 0 Å². The second kappa shape index (κ2) is 6.41. The van der Waals surface area contributed by atoms with Gasteiger partial charge in [-0.2, -0.15) is 0 Å². The van der Waals surface area contributed by atoms with E-state index < -0.39 is 0 Å². The quantitative estimate of drug-likeness (QED) is 0.853. The summed E-state index contributed by atoms with van der Waals surface area (Å²) in [6.45, 7) is 4.00. The zero-order valence-corrected chi connectivity index (χ0v) is 13.0. The van der Waals surface area contributed by atoms with Crippen LogP contribution in [0.25, 0.3) is 0 Å². The molecule has 2 rings (SSSR count). The highest BCUT2D eigenvalue weighted by Crippen LogP contribution is 2.31. The molecule has 2 N–H and O–H groups in total. The van der Waals surface area contributed by atoms with Crippen LogP contribution in [-0.2, 0) is 5.75 Å². The van der Waals surface area contributed by atoms with Crippen molar-refractivity contribution in [1.29, 1.82) is 0 Å². The summed E-state index contributed by atoms with van der Waals surface area (Å²) in [5.41, 5.74) is 9.29. The maximum atomic E-state index is 5.93. The van der Waals surface area contributed by atoms with Gasteiger partial charge in [0, 0.05) is 28.4 Å². The molecular formula is C14H18N2OS2.